The minimum atomic E-state index is -3.98. The summed E-state index contributed by atoms with van der Waals surface area (Å²) in [5.74, 6) is -0.688. The second-order valence-corrected chi connectivity index (χ2v) is 7.51. The summed E-state index contributed by atoms with van der Waals surface area (Å²) in [7, 11) is -0.905. The summed E-state index contributed by atoms with van der Waals surface area (Å²) in [5.41, 5.74) is 0.828. The quantitative estimate of drug-likeness (QED) is 0.658. The molecule has 3 aromatic rings. The first-order valence-electron chi connectivity index (χ1n) is 8.05. The Morgan fingerprint density at radius 3 is 2.50 bits per heavy atom. The van der Waals surface area contributed by atoms with Crippen LogP contribution in [-0.2, 0) is 17.1 Å². The third-order valence-electron chi connectivity index (χ3n) is 3.79. The van der Waals surface area contributed by atoms with Gasteiger partial charge in [0.2, 0.25) is 0 Å². The minimum Gasteiger partial charge on any atom is -0.495 e. The number of benzene rings is 2. The van der Waals surface area contributed by atoms with Crippen LogP contribution in [0.25, 0.3) is 0 Å². The Hall–Kier alpha value is -3.40. The summed E-state index contributed by atoms with van der Waals surface area (Å²) in [6, 6.07) is 8.92. The number of anilines is 2. The molecule has 0 fully saturated rings. The second kappa shape index (κ2) is 7.69. The molecule has 28 heavy (non-hydrogen) atoms. The predicted molar refractivity (Wildman–Crippen MR) is 101 cm³/mol. The van der Waals surface area contributed by atoms with E-state index in [0.29, 0.717) is 11.3 Å². The number of aryl methyl sites for hydroxylation is 1. The van der Waals surface area contributed by atoms with Crippen molar-refractivity contribution >= 4 is 27.3 Å². The largest absolute Gasteiger partial charge is 0.495 e. The highest BCUT2D eigenvalue weighted by molar-refractivity contribution is 7.92. The van der Waals surface area contributed by atoms with Gasteiger partial charge in [-0.3, -0.25) is 14.2 Å². The zero-order valence-corrected chi connectivity index (χ0v) is 15.8. The topological polar surface area (TPSA) is 102 Å². The highest BCUT2D eigenvalue weighted by Gasteiger charge is 2.18. The number of rotatable bonds is 6. The number of aromatic nitrogens is 2. The van der Waals surface area contributed by atoms with Gasteiger partial charge in [0.15, 0.2) is 0 Å². The van der Waals surface area contributed by atoms with Crippen LogP contribution in [0.1, 0.15) is 10.4 Å². The lowest BCUT2D eigenvalue weighted by Gasteiger charge is -2.14. The zero-order valence-electron chi connectivity index (χ0n) is 15.0. The maximum absolute atomic E-state index is 13.1. The molecule has 0 radical (unpaired) electrons. The Kier molecular flexibility index (Phi) is 5.32. The van der Waals surface area contributed by atoms with E-state index in [2.05, 4.69) is 15.1 Å². The number of hydrogen-bond donors (Lipinski definition) is 2. The molecule has 2 N–H and O–H groups in total. The number of sulfonamides is 1. The van der Waals surface area contributed by atoms with Gasteiger partial charge >= 0.3 is 0 Å². The maximum Gasteiger partial charge on any atom is 0.262 e. The van der Waals surface area contributed by atoms with Gasteiger partial charge in [-0.25, -0.2) is 12.8 Å². The standard InChI is InChI=1S/C18H17FN4O4S/c1-23-11-12(10-20-23)18(24)21-14-5-8-17(27-2)16(9-14)22-28(25,26)15-6-3-13(19)4-7-15/h3-11,22H,1-2H3,(H,21,24). The Morgan fingerprint density at radius 2 is 1.89 bits per heavy atom. The number of hydrogen-bond acceptors (Lipinski definition) is 5. The smallest absolute Gasteiger partial charge is 0.262 e. The molecule has 0 atom stereocenters. The average Bonchev–Trinajstić information content (AvgIpc) is 3.08. The summed E-state index contributed by atoms with van der Waals surface area (Å²) in [4.78, 5) is 12.2. The fourth-order valence-corrected chi connectivity index (χ4v) is 3.49. The molecule has 2 aromatic carbocycles. The van der Waals surface area contributed by atoms with E-state index in [9.17, 15) is 17.6 Å². The van der Waals surface area contributed by atoms with E-state index in [1.807, 2.05) is 0 Å². The fourth-order valence-electron chi connectivity index (χ4n) is 2.42. The molecule has 0 aliphatic rings. The van der Waals surface area contributed by atoms with Crippen LogP contribution in [0.3, 0.4) is 0 Å². The lowest BCUT2D eigenvalue weighted by molar-refractivity contribution is 0.102. The molecule has 0 aliphatic heterocycles. The molecule has 0 unspecified atom stereocenters. The highest BCUT2D eigenvalue weighted by Crippen LogP contribution is 2.30. The van der Waals surface area contributed by atoms with Crippen LogP contribution in [0.2, 0.25) is 0 Å². The predicted octanol–water partition coefficient (Wildman–Crippen LogP) is 2.62. The third-order valence-corrected chi connectivity index (χ3v) is 5.17. The van der Waals surface area contributed by atoms with Crippen molar-refractivity contribution in [1.29, 1.82) is 0 Å². The molecule has 1 amide bonds. The van der Waals surface area contributed by atoms with Gasteiger partial charge in [0, 0.05) is 18.9 Å². The van der Waals surface area contributed by atoms with Gasteiger partial charge in [-0.1, -0.05) is 0 Å². The van der Waals surface area contributed by atoms with Crippen molar-refractivity contribution in [3.05, 3.63) is 66.2 Å². The van der Waals surface area contributed by atoms with E-state index in [-0.39, 0.29) is 16.3 Å². The molecule has 0 saturated heterocycles. The van der Waals surface area contributed by atoms with Gasteiger partial charge in [-0.15, -0.1) is 0 Å². The van der Waals surface area contributed by atoms with Crippen molar-refractivity contribution in [3.8, 4) is 5.75 Å². The molecule has 0 aliphatic carbocycles. The monoisotopic (exact) mass is 404 g/mol. The van der Waals surface area contributed by atoms with E-state index >= 15 is 0 Å². The number of amides is 1. The van der Waals surface area contributed by atoms with E-state index < -0.39 is 21.7 Å². The molecule has 0 spiro atoms. The normalized spacial score (nSPS) is 11.1. The number of ether oxygens (including phenoxy) is 1. The van der Waals surface area contributed by atoms with Crippen LogP contribution in [0, 0.1) is 5.82 Å². The first-order valence-corrected chi connectivity index (χ1v) is 9.53. The first-order chi connectivity index (χ1) is 13.3. The van der Waals surface area contributed by atoms with Crippen molar-refractivity contribution in [1.82, 2.24) is 9.78 Å². The molecule has 0 saturated carbocycles. The van der Waals surface area contributed by atoms with Gasteiger partial charge in [0.1, 0.15) is 11.6 Å². The van der Waals surface area contributed by atoms with Crippen molar-refractivity contribution in [2.45, 2.75) is 4.90 Å². The number of carbonyl (C=O) groups is 1. The lowest BCUT2D eigenvalue weighted by atomic mass is 10.2. The van der Waals surface area contributed by atoms with Gasteiger partial charge in [0.25, 0.3) is 15.9 Å². The lowest BCUT2D eigenvalue weighted by Crippen LogP contribution is -2.15. The maximum atomic E-state index is 13.1. The van der Waals surface area contributed by atoms with Crippen molar-refractivity contribution in [2.24, 2.45) is 7.05 Å². The summed E-state index contributed by atoms with van der Waals surface area (Å²) in [6.45, 7) is 0. The van der Waals surface area contributed by atoms with E-state index in [0.717, 1.165) is 24.3 Å². The number of nitrogens with one attached hydrogen (secondary N) is 2. The molecule has 1 aromatic heterocycles. The van der Waals surface area contributed by atoms with Crippen LogP contribution < -0.4 is 14.8 Å². The van der Waals surface area contributed by atoms with E-state index in [4.69, 9.17) is 4.74 Å². The summed E-state index contributed by atoms with van der Waals surface area (Å²) < 4.78 is 47.2. The summed E-state index contributed by atoms with van der Waals surface area (Å²) in [6.07, 6.45) is 2.97. The second-order valence-electron chi connectivity index (χ2n) is 5.83. The van der Waals surface area contributed by atoms with Gasteiger partial charge < -0.3 is 10.1 Å². The first kappa shape index (κ1) is 19.4. The van der Waals surface area contributed by atoms with Crippen LogP contribution in [-0.4, -0.2) is 31.2 Å². The van der Waals surface area contributed by atoms with Crippen molar-refractivity contribution in [2.75, 3.05) is 17.1 Å². The Bertz CT molecular complexity index is 1110. The molecule has 10 heteroatoms. The van der Waals surface area contributed by atoms with Crippen LogP contribution >= 0.6 is 0 Å². The number of carbonyl (C=O) groups excluding carboxylic acids is 1. The SMILES string of the molecule is COc1ccc(NC(=O)c2cnn(C)c2)cc1NS(=O)(=O)c1ccc(F)cc1. The van der Waals surface area contributed by atoms with Crippen LogP contribution in [0.4, 0.5) is 15.8 Å². The summed E-state index contributed by atoms with van der Waals surface area (Å²) in [5, 5.41) is 6.59. The zero-order chi connectivity index (χ0) is 20.3. The van der Waals surface area contributed by atoms with E-state index in [1.54, 1.807) is 19.3 Å². The third kappa shape index (κ3) is 4.29. The van der Waals surface area contributed by atoms with Crippen LogP contribution in [0.15, 0.2) is 59.8 Å². The van der Waals surface area contributed by atoms with Gasteiger partial charge in [-0.05, 0) is 42.5 Å². The Balaban J connectivity index is 1.86. The summed E-state index contributed by atoms with van der Waals surface area (Å²) >= 11 is 0. The number of nitrogens with zero attached hydrogens (tertiary/aromatic N) is 2. The number of halogens is 1. The van der Waals surface area contributed by atoms with Gasteiger partial charge in [-0.2, -0.15) is 5.10 Å². The molecule has 8 nitrogen and oxygen atoms in total. The van der Waals surface area contributed by atoms with Crippen molar-refractivity contribution < 1.29 is 22.3 Å². The molecule has 3 rings (SSSR count). The fraction of sp³-hybridized carbons (Fsp3) is 0.111. The number of methoxy groups -OCH3 is 1. The van der Waals surface area contributed by atoms with Crippen LogP contribution in [0.5, 0.6) is 5.75 Å². The molecular formula is C18H17FN4O4S. The molecular weight excluding hydrogens is 387 g/mol. The molecule has 0 bridgehead atoms. The Morgan fingerprint density at radius 1 is 1.18 bits per heavy atom. The van der Waals surface area contributed by atoms with E-state index in [1.165, 1.54) is 30.1 Å². The van der Waals surface area contributed by atoms with Gasteiger partial charge in [0.05, 0.1) is 29.5 Å². The van der Waals surface area contributed by atoms with Crippen molar-refractivity contribution in [3.63, 3.8) is 0 Å². The highest BCUT2D eigenvalue weighted by atomic mass is 32.2. The molecule has 1 heterocycles. The molecule has 146 valence electrons. The average molecular weight is 404 g/mol. The Labute approximate surface area is 161 Å². The minimum absolute atomic E-state index is 0.110.